The normalized spacial score (nSPS) is 10.5. The lowest BCUT2D eigenvalue weighted by atomic mass is 10.2. The lowest BCUT2D eigenvalue weighted by Gasteiger charge is -2.00. The van der Waals surface area contributed by atoms with Gasteiger partial charge in [-0.25, -0.2) is 5.84 Å². The first-order valence-electron chi connectivity index (χ1n) is 5.63. The van der Waals surface area contributed by atoms with E-state index in [0.29, 0.717) is 28.0 Å². The third-order valence-electron chi connectivity index (χ3n) is 2.57. The molecule has 3 N–H and O–H groups in total. The maximum atomic E-state index is 11.0. The molecule has 2 aromatic rings. The number of aryl methyl sites for hydroxylation is 1. The first-order valence-corrected chi connectivity index (χ1v) is 6.38. The van der Waals surface area contributed by atoms with Gasteiger partial charge in [0.25, 0.3) is 0 Å². The van der Waals surface area contributed by atoms with Crippen molar-refractivity contribution in [2.45, 2.75) is 12.8 Å². The highest BCUT2D eigenvalue weighted by atomic mass is 35.5. The molecule has 1 aromatic heterocycles. The van der Waals surface area contributed by atoms with Crippen LogP contribution in [0.3, 0.4) is 0 Å². The van der Waals surface area contributed by atoms with E-state index < -0.39 is 0 Å². The predicted molar refractivity (Wildman–Crippen MR) is 74.8 cm³/mol. The van der Waals surface area contributed by atoms with Crippen LogP contribution in [0.1, 0.15) is 12.2 Å². The summed E-state index contributed by atoms with van der Waals surface area (Å²) >= 11 is 11.9. The second-order valence-electron chi connectivity index (χ2n) is 3.99. The first-order chi connectivity index (χ1) is 9.08. The lowest BCUT2D eigenvalue weighted by molar-refractivity contribution is -0.121. The number of furan rings is 1. The molecule has 0 radical (unpaired) electrons. The Bertz CT molecular complexity index is 576. The predicted octanol–water partition coefficient (Wildman–Crippen LogP) is 3.18. The number of carbonyl (C=O) groups excluding carboxylic acids is 1. The fourth-order valence-corrected chi connectivity index (χ4v) is 2.20. The summed E-state index contributed by atoms with van der Waals surface area (Å²) in [7, 11) is 0. The number of nitrogens with two attached hydrogens (primary N) is 1. The molecule has 0 saturated carbocycles. The average molecular weight is 299 g/mol. The highest BCUT2D eigenvalue weighted by Crippen LogP contribution is 2.28. The lowest BCUT2D eigenvalue weighted by Crippen LogP contribution is -2.30. The molecule has 1 aromatic carbocycles. The van der Waals surface area contributed by atoms with Crippen molar-refractivity contribution in [3.63, 3.8) is 0 Å². The van der Waals surface area contributed by atoms with Gasteiger partial charge in [0.2, 0.25) is 5.91 Å². The van der Waals surface area contributed by atoms with Crippen molar-refractivity contribution in [2.24, 2.45) is 5.84 Å². The van der Waals surface area contributed by atoms with Gasteiger partial charge in [-0.3, -0.25) is 10.2 Å². The Labute approximate surface area is 120 Å². The van der Waals surface area contributed by atoms with Gasteiger partial charge < -0.3 is 4.42 Å². The fraction of sp³-hybridized carbons (Fsp3) is 0.154. The highest BCUT2D eigenvalue weighted by molar-refractivity contribution is 6.35. The summed E-state index contributed by atoms with van der Waals surface area (Å²) in [5, 5.41) is 1.09. The molecule has 19 heavy (non-hydrogen) atoms. The Balaban J connectivity index is 2.14. The minimum Gasteiger partial charge on any atom is -0.461 e. The van der Waals surface area contributed by atoms with E-state index in [-0.39, 0.29) is 12.3 Å². The zero-order chi connectivity index (χ0) is 13.8. The number of hydrazine groups is 1. The summed E-state index contributed by atoms with van der Waals surface area (Å²) in [6.45, 7) is 0. The van der Waals surface area contributed by atoms with Gasteiger partial charge in [0.15, 0.2) is 0 Å². The second kappa shape index (κ2) is 6.10. The molecule has 0 aliphatic carbocycles. The van der Waals surface area contributed by atoms with Crippen molar-refractivity contribution in [2.75, 3.05) is 0 Å². The van der Waals surface area contributed by atoms with Gasteiger partial charge in [-0.05, 0) is 30.3 Å². The average Bonchev–Trinajstić information content (AvgIpc) is 2.83. The Morgan fingerprint density at radius 3 is 2.53 bits per heavy atom. The number of rotatable bonds is 4. The molecule has 2 rings (SSSR count). The number of amides is 1. The maximum Gasteiger partial charge on any atom is 0.234 e. The van der Waals surface area contributed by atoms with Crippen LogP contribution in [0.5, 0.6) is 0 Å². The molecular formula is C13H12Cl2N2O2. The molecule has 0 unspecified atom stereocenters. The van der Waals surface area contributed by atoms with Gasteiger partial charge in [0.05, 0.1) is 0 Å². The summed E-state index contributed by atoms with van der Waals surface area (Å²) in [5.41, 5.74) is 2.87. The Hall–Kier alpha value is -1.49. The zero-order valence-electron chi connectivity index (χ0n) is 9.95. The van der Waals surface area contributed by atoms with Crippen LogP contribution in [0.2, 0.25) is 10.0 Å². The monoisotopic (exact) mass is 298 g/mol. The minimum atomic E-state index is -0.233. The summed E-state index contributed by atoms with van der Waals surface area (Å²) in [6.07, 6.45) is 0.761. The van der Waals surface area contributed by atoms with Gasteiger partial charge in [0.1, 0.15) is 11.5 Å². The standard InChI is InChI=1S/C13H12Cl2N2O2/c14-9-5-8(6-10(15)7-9)12-3-1-11(19-12)2-4-13(18)17-16/h1,3,5-7H,2,4,16H2,(H,17,18). The largest absolute Gasteiger partial charge is 0.461 e. The van der Waals surface area contributed by atoms with Crippen molar-refractivity contribution in [1.29, 1.82) is 0 Å². The van der Waals surface area contributed by atoms with Crippen LogP contribution >= 0.6 is 23.2 Å². The van der Waals surface area contributed by atoms with Crippen molar-refractivity contribution in [1.82, 2.24) is 5.43 Å². The van der Waals surface area contributed by atoms with Crippen molar-refractivity contribution < 1.29 is 9.21 Å². The summed E-state index contributed by atoms with van der Waals surface area (Å²) in [5.74, 6) is 6.14. The molecule has 1 amide bonds. The molecule has 0 atom stereocenters. The molecule has 4 nitrogen and oxygen atoms in total. The number of halogens is 2. The van der Waals surface area contributed by atoms with Crippen LogP contribution in [0.15, 0.2) is 34.7 Å². The topological polar surface area (TPSA) is 68.3 Å². The van der Waals surface area contributed by atoms with Crippen molar-refractivity contribution in [3.05, 3.63) is 46.1 Å². The van der Waals surface area contributed by atoms with Crippen LogP contribution < -0.4 is 11.3 Å². The zero-order valence-corrected chi connectivity index (χ0v) is 11.5. The van der Waals surface area contributed by atoms with E-state index in [1.165, 1.54) is 0 Å². The number of hydrogen-bond acceptors (Lipinski definition) is 3. The quantitative estimate of drug-likeness (QED) is 0.517. The van der Waals surface area contributed by atoms with Gasteiger partial charge in [-0.1, -0.05) is 23.2 Å². The van der Waals surface area contributed by atoms with Gasteiger partial charge >= 0.3 is 0 Å². The van der Waals surface area contributed by atoms with E-state index in [9.17, 15) is 4.79 Å². The van der Waals surface area contributed by atoms with Crippen molar-refractivity contribution >= 4 is 29.1 Å². The van der Waals surface area contributed by atoms with E-state index in [1.807, 2.05) is 12.1 Å². The van der Waals surface area contributed by atoms with Crippen LogP contribution in [0.25, 0.3) is 11.3 Å². The van der Waals surface area contributed by atoms with Gasteiger partial charge in [-0.15, -0.1) is 0 Å². The first kappa shape index (κ1) is 13.9. The van der Waals surface area contributed by atoms with Gasteiger partial charge in [-0.2, -0.15) is 0 Å². The fourth-order valence-electron chi connectivity index (χ4n) is 1.67. The Morgan fingerprint density at radius 1 is 1.21 bits per heavy atom. The summed E-state index contributed by atoms with van der Waals surface area (Å²) in [4.78, 5) is 11.0. The molecule has 0 spiro atoms. The van der Waals surface area contributed by atoms with E-state index in [0.717, 1.165) is 5.56 Å². The van der Waals surface area contributed by atoms with Crippen LogP contribution in [0, 0.1) is 0 Å². The summed E-state index contributed by atoms with van der Waals surface area (Å²) < 4.78 is 5.64. The molecule has 0 saturated heterocycles. The van der Waals surface area contributed by atoms with E-state index in [1.54, 1.807) is 18.2 Å². The third kappa shape index (κ3) is 3.73. The van der Waals surface area contributed by atoms with Gasteiger partial charge in [0, 0.05) is 28.5 Å². The SMILES string of the molecule is NNC(=O)CCc1ccc(-c2cc(Cl)cc(Cl)c2)o1. The van der Waals surface area contributed by atoms with Crippen LogP contribution in [0.4, 0.5) is 0 Å². The molecule has 1 heterocycles. The molecule has 0 aliphatic rings. The molecule has 100 valence electrons. The second-order valence-corrected chi connectivity index (χ2v) is 4.86. The van der Waals surface area contributed by atoms with E-state index in [2.05, 4.69) is 5.43 Å². The Morgan fingerprint density at radius 2 is 1.89 bits per heavy atom. The Kier molecular flexibility index (Phi) is 4.47. The molecule has 6 heteroatoms. The minimum absolute atomic E-state index is 0.233. The molecule has 0 fully saturated rings. The number of carbonyl (C=O) groups is 1. The molecular weight excluding hydrogens is 287 g/mol. The molecule has 0 bridgehead atoms. The number of nitrogens with one attached hydrogen (secondary N) is 1. The van der Waals surface area contributed by atoms with E-state index in [4.69, 9.17) is 33.5 Å². The third-order valence-corrected chi connectivity index (χ3v) is 3.00. The van der Waals surface area contributed by atoms with E-state index >= 15 is 0 Å². The molecule has 0 aliphatic heterocycles. The van der Waals surface area contributed by atoms with Crippen LogP contribution in [-0.4, -0.2) is 5.91 Å². The van der Waals surface area contributed by atoms with Crippen molar-refractivity contribution in [3.8, 4) is 11.3 Å². The number of hydrogen-bond donors (Lipinski definition) is 2. The summed E-state index contributed by atoms with van der Waals surface area (Å²) in [6, 6.07) is 8.82. The highest BCUT2D eigenvalue weighted by Gasteiger charge is 2.08. The smallest absolute Gasteiger partial charge is 0.234 e. The van der Waals surface area contributed by atoms with Crippen LogP contribution in [-0.2, 0) is 11.2 Å². The number of benzene rings is 1. The maximum absolute atomic E-state index is 11.0.